The van der Waals surface area contributed by atoms with E-state index in [9.17, 15) is 14.4 Å². The van der Waals surface area contributed by atoms with Gasteiger partial charge in [0.2, 0.25) is 5.72 Å². The van der Waals surface area contributed by atoms with Crippen LogP contribution < -0.4 is 5.73 Å². The van der Waals surface area contributed by atoms with E-state index in [1.54, 1.807) is 0 Å². The van der Waals surface area contributed by atoms with Crippen molar-refractivity contribution in [2.75, 3.05) is 7.11 Å². The normalized spacial score (nSPS) is 53.8. The molecule has 2 N–H and O–H groups in total. The van der Waals surface area contributed by atoms with Crippen LogP contribution in [0, 0.1) is 49.7 Å². The second kappa shape index (κ2) is 7.02. The lowest BCUT2D eigenvalue weighted by atomic mass is 9.31. The standard InChI is InChI=1S/C32H47NO5/c1-25(2)10-14-31(24(36)37-9)15-12-28(6)21(18(31)17-25)19(34)16-20-27(28,5)11-13-29(7)26(3,4)22(35)32(33)23(38-32)30(20,29)8/h16,18,21,23H,10-15,17,33H2,1-9H3. The van der Waals surface area contributed by atoms with Gasteiger partial charge >= 0.3 is 5.97 Å². The summed E-state index contributed by atoms with van der Waals surface area (Å²) in [6, 6.07) is 0. The molecular weight excluding hydrogens is 478 g/mol. The lowest BCUT2D eigenvalue weighted by molar-refractivity contribution is -0.198. The quantitative estimate of drug-likeness (QED) is 0.365. The van der Waals surface area contributed by atoms with E-state index < -0.39 is 33.5 Å². The zero-order valence-corrected chi connectivity index (χ0v) is 24.9. The molecule has 210 valence electrons. The molecule has 0 radical (unpaired) electrons. The minimum Gasteiger partial charge on any atom is -0.469 e. The van der Waals surface area contributed by atoms with Gasteiger partial charge in [-0.05, 0) is 78.6 Å². The van der Waals surface area contributed by atoms with Crippen LogP contribution in [0.1, 0.15) is 100 Å². The van der Waals surface area contributed by atoms with Crippen LogP contribution in [0.5, 0.6) is 0 Å². The van der Waals surface area contributed by atoms with Gasteiger partial charge in [0.25, 0.3) is 0 Å². The van der Waals surface area contributed by atoms with E-state index >= 15 is 0 Å². The third-order valence-corrected chi connectivity index (χ3v) is 14.3. The predicted molar refractivity (Wildman–Crippen MR) is 144 cm³/mol. The number of esters is 1. The highest BCUT2D eigenvalue weighted by molar-refractivity contribution is 5.99. The van der Waals surface area contributed by atoms with Gasteiger partial charge in [0.1, 0.15) is 6.10 Å². The summed E-state index contributed by atoms with van der Waals surface area (Å²) < 4.78 is 11.6. The second-order valence-electron chi connectivity index (χ2n) is 16.1. The summed E-state index contributed by atoms with van der Waals surface area (Å²) in [6.45, 7) is 17.7. The number of epoxide rings is 1. The molecule has 0 amide bonds. The van der Waals surface area contributed by atoms with E-state index in [1.807, 2.05) is 19.9 Å². The van der Waals surface area contributed by atoms with Crippen molar-refractivity contribution in [2.24, 2.45) is 55.5 Å². The fraction of sp³-hybridized carbons (Fsp3) is 0.844. The molecule has 9 unspecified atom stereocenters. The first kappa shape index (κ1) is 26.7. The van der Waals surface area contributed by atoms with E-state index in [-0.39, 0.29) is 45.6 Å². The molecule has 5 aliphatic carbocycles. The molecule has 5 fully saturated rings. The minimum atomic E-state index is -1.28. The van der Waals surface area contributed by atoms with Crippen molar-refractivity contribution in [1.82, 2.24) is 0 Å². The molecule has 38 heavy (non-hydrogen) atoms. The summed E-state index contributed by atoms with van der Waals surface area (Å²) in [5.74, 6) is -0.300. The maximum atomic E-state index is 14.5. The Bertz CT molecular complexity index is 1200. The van der Waals surface area contributed by atoms with Crippen molar-refractivity contribution in [1.29, 1.82) is 0 Å². The number of carbonyl (C=O) groups excluding carboxylic acids is 3. The van der Waals surface area contributed by atoms with Crippen molar-refractivity contribution in [2.45, 2.75) is 112 Å². The van der Waals surface area contributed by atoms with Gasteiger partial charge in [0.15, 0.2) is 11.6 Å². The summed E-state index contributed by atoms with van der Waals surface area (Å²) in [4.78, 5) is 41.5. The maximum absolute atomic E-state index is 14.5. The van der Waals surface area contributed by atoms with Gasteiger partial charge in [0, 0.05) is 16.7 Å². The van der Waals surface area contributed by atoms with Crippen LogP contribution in [0.2, 0.25) is 0 Å². The summed E-state index contributed by atoms with van der Waals surface area (Å²) in [5.41, 5.74) is 3.74. The zero-order chi connectivity index (χ0) is 28.1. The van der Waals surface area contributed by atoms with E-state index in [2.05, 4.69) is 41.5 Å². The monoisotopic (exact) mass is 525 g/mol. The topological polar surface area (TPSA) is 99.0 Å². The molecule has 6 rings (SSSR count). The fourth-order valence-electron chi connectivity index (χ4n) is 11.1. The number of hydrogen-bond acceptors (Lipinski definition) is 6. The van der Waals surface area contributed by atoms with Crippen LogP contribution in [-0.4, -0.2) is 36.5 Å². The molecule has 6 heteroatoms. The van der Waals surface area contributed by atoms with E-state index in [0.29, 0.717) is 0 Å². The molecule has 0 aromatic heterocycles. The highest BCUT2D eigenvalue weighted by Crippen LogP contribution is 2.80. The van der Waals surface area contributed by atoms with Crippen molar-refractivity contribution in [3.05, 3.63) is 11.6 Å². The lowest BCUT2D eigenvalue weighted by Gasteiger charge is -2.71. The van der Waals surface area contributed by atoms with Crippen LogP contribution in [0.3, 0.4) is 0 Å². The van der Waals surface area contributed by atoms with Crippen LogP contribution in [0.25, 0.3) is 0 Å². The number of fused-ring (bicyclic) bond motifs is 9. The molecule has 1 heterocycles. The number of hydrogen-bond donors (Lipinski definition) is 1. The number of carbonyl (C=O) groups is 3. The van der Waals surface area contributed by atoms with Crippen LogP contribution in [0.4, 0.5) is 0 Å². The van der Waals surface area contributed by atoms with Crippen molar-refractivity contribution >= 4 is 17.5 Å². The van der Waals surface area contributed by atoms with Crippen LogP contribution >= 0.6 is 0 Å². The Morgan fingerprint density at radius 3 is 2.21 bits per heavy atom. The van der Waals surface area contributed by atoms with Gasteiger partial charge in [0.05, 0.1) is 12.5 Å². The molecule has 4 saturated carbocycles. The highest BCUT2D eigenvalue weighted by atomic mass is 16.6. The second-order valence-corrected chi connectivity index (χ2v) is 16.1. The highest BCUT2D eigenvalue weighted by Gasteiger charge is 2.84. The average molecular weight is 526 g/mol. The first-order chi connectivity index (χ1) is 17.3. The largest absolute Gasteiger partial charge is 0.469 e. The number of ether oxygens (including phenoxy) is 2. The smallest absolute Gasteiger partial charge is 0.312 e. The molecule has 1 aliphatic heterocycles. The van der Waals surface area contributed by atoms with Gasteiger partial charge in [-0.3, -0.25) is 20.1 Å². The Morgan fingerprint density at radius 2 is 1.58 bits per heavy atom. The Labute approximate surface area is 227 Å². The first-order valence-electron chi connectivity index (χ1n) is 14.7. The van der Waals surface area contributed by atoms with Crippen LogP contribution in [-0.2, 0) is 23.9 Å². The Kier molecular flexibility index (Phi) is 4.93. The van der Waals surface area contributed by atoms with Crippen molar-refractivity contribution in [3.8, 4) is 0 Å². The SMILES string of the molecule is COC(=O)C12CCC(C)(C)CC1C1C(=O)C=C3C(C)(CCC4(C)C(C)(C)C(=O)C5(N)OC5C34C)C1(C)CC2. The molecule has 0 aromatic rings. The van der Waals surface area contributed by atoms with Crippen LogP contribution in [0.15, 0.2) is 11.6 Å². The number of nitrogens with two attached hydrogens (primary N) is 1. The van der Waals surface area contributed by atoms with E-state index in [4.69, 9.17) is 15.2 Å². The number of allylic oxidation sites excluding steroid dienone is 1. The summed E-state index contributed by atoms with van der Waals surface area (Å²) in [7, 11) is 1.49. The summed E-state index contributed by atoms with van der Waals surface area (Å²) >= 11 is 0. The van der Waals surface area contributed by atoms with E-state index in [0.717, 1.165) is 50.5 Å². The predicted octanol–water partition coefficient (Wildman–Crippen LogP) is 5.37. The van der Waals surface area contributed by atoms with Gasteiger partial charge in [-0.2, -0.15) is 0 Å². The van der Waals surface area contributed by atoms with Gasteiger partial charge in [-0.15, -0.1) is 0 Å². The van der Waals surface area contributed by atoms with Gasteiger partial charge in [-0.1, -0.05) is 61.0 Å². The molecule has 6 nitrogen and oxygen atoms in total. The number of rotatable bonds is 1. The zero-order valence-electron chi connectivity index (χ0n) is 24.9. The summed E-state index contributed by atoms with van der Waals surface area (Å²) in [6.07, 6.45) is 7.42. The third-order valence-electron chi connectivity index (χ3n) is 14.3. The lowest BCUT2D eigenvalue weighted by Crippen LogP contribution is -2.71. The molecular formula is C32H47NO5. The molecule has 6 aliphatic rings. The molecule has 9 atom stereocenters. The molecule has 0 bridgehead atoms. The molecule has 0 spiro atoms. The van der Waals surface area contributed by atoms with Crippen molar-refractivity contribution in [3.63, 3.8) is 0 Å². The Morgan fingerprint density at radius 1 is 0.947 bits per heavy atom. The van der Waals surface area contributed by atoms with Crippen molar-refractivity contribution < 1.29 is 23.9 Å². The minimum absolute atomic E-state index is 0.0182. The average Bonchev–Trinajstić information content (AvgIpc) is 3.55. The Balaban J connectivity index is 1.54. The first-order valence-corrected chi connectivity index (χ1v) is 14.7. The van der Waals surface area contributed by atoms with Gasteiger partial charge < -0.3 is 9.47 Å². The molecule has 1 saturated heterocycles. The number of ketones is 2. The number of methoxy groups -OCH3 is 1. The molecule has 0 aromatic carbocycles. The Hall–Kier alpha value is -1.53. The summed E-state index contributed by atoms with van der Waals surface area (Å²) in [5, 5.41) is 0. The van der Waals surface area contributed by atoms with E-state index in [1.165, 1.54) is 7.11 Å². The third kappa shape index (κ3) is 2.57. The number of Topliss-reactive ketones (excluding diaryl/α,β-unsaturated/α-hetero) is 1. The fourth-order valence-corrected chi connectivity index (χ4v) is 11.1. The van der Waals surface area contributed by atoms with Gasteiger partial charge in [-0.25, -0.2) is 0 Å². The maximum Gasteiger partial charge on any atom is 0.312 e.